The van der Waals surface area contributed by atoms with E-state index in [1.807, 2.05) is 72.8 Å². The highest BCUT2D eigenvalue weighted by Crippen LogP contribution is 2.28. The zero-order chi connectivity index (χ0) is 36.6. The highest BCUT2D eigenvalue weighted by Gasteiger charge is 2.17. The lowest BCUT2D eigenvalue weighted by Crippen LogP contribution is -2.14. The molecular formula is C38H38N10O4S2. The van der Waals surface area contributed by atoms with Crippen molar-refractivity contribution in [2.45, 2.75) is 23.2 Å². The summed E-state index contributed by atoms with van der Waals surface area (Å²) in [6, 6.07) is 23.1. The van der Waals surface area contributed by atoms with Gasteiger partial charge in [0.15, 0.2) is 11.6 Å². The van der Waals surface area contributed by atoms with Crippen molar-refractivity contribution in [2.24, 2.45) is 10.2 Å². The smallest absolute Gasteiger partial charge is 0.212 e. The van der Waals surface area contributed by atoms with E-state index in [0.29, 0.717) is 73.1 Å². The Morgan fingerprint density at radius 3 is 1.43 bits per heavy atom. The standard InChI is InChI=1S/C38H38N10O4S2/c1-3-13-33-29(9-1)27-41-47-35(31-11-7-15-39-25-31)43-45-37(47)53-23-5-6-24-54-38-46-44-36(32-12-8-16-40-26-32)48(38)42-28-30-10-2-4-14-34(30)52-22-20-50-18-17-49-19-21-51-33/h1-4,7-16,25-28H,5-6,17-24H2/b41-27-,42-28+. The van der Waals surface area contributed by atoms with E-state index >= 15 is 0 Å². The molecule has 0 amide bonds. The summed E-state index contributed by atoms with van der Waals surface area (Å²) in [5, 5.41) is 29.0. The predicted octanol–water partition coefficient (Wildman–Crippen LogP) is 6.23. The summed E-state index contributed by atoms with van der Waals surface area (Å²) < 4.78 is 27.2. The molecule has 0 unspecified atom stereocenters. The first kappa shape index (κ1) is 36.9. The van der Waals surface area contributed by atoms with Crippen LogP contribution >= 0.6 is 23.5 Å². The molecule has 0 bridgehead atoms. The molecule has 5 heterocycles. The third kappa shape index (κ3) is 9.96. The summed E-state index contributed by atoms with van der Waals surface area (Å²) in [4.78, 5) is 8.56. The average molecular weight is 763 g/mol. The normalized spacial score (nSPS) is 16.4. The monoisotopic (exact) mass is 762 g/mol. The van der Waals surface area contributed by atoms with Gasteiger partial charge < -0.3 is 18.9 Å². The number of benzene rings is 2. The van der Waals surface area contributed by atoms with Crippen LogP contribution in [0.1, 0.15) is 24.0 Å². The second kappa shape index (κ2) is 19.6. The zero-order valence-electron chi connectivity index (χ0n) is 29.4. The van der Waals surface area contributed by atoms with E-state index in [0.717, 1.165) is 46.6 Å². The van der Waals surface area contributed by atoms with Crippen LogP contribution < -0.4 is 9.47 Å². The number of fused-ring (bicyclic) bond motifs is 4. The van der Waals surface area contributed by atoms with Crippen LogP contribution in [0.4, 0.5) is 0 Å². The fraction of sp³-hybridized carbons (Fsp3) is 0.263. The van der Waals surface area contributed by atoms with Crippen LogP contribution in [0, 0.1) is 0 Å². The molecule has 16 heteroatoms. The molecule has 2 aromatic carbocycles. The maximum atomic E-state index is 6.07. The van der Waals surface area contributed by atoms with Gasteiger partial charge in [0.25, 0.3) is 0 Å². The number of hydrogen-bond acceptors (Lipinski definition) is 14. The highest BCUT2D eigenvalue weighted by molar-refractivity contribution is 7.99. The number of pyridine rings is 2. The molecule has 0 saturated heterocycles. The van der Waals surface area contributed by atoms with Gasteiger partial charge in [0.1, 0.15) is 24.7 Å². The van der Waals surface area contributed by atoms with Crippen molar-refractivity contribution in [3.63, 3.8) is 0 Å². The minimum Gasteiger partial charge on any atom is -0.491 e. The Balaban J connectivity index is 1.11. The van der Waals surface area contributed by atoms with Crippen molar-refractivity contribution in [3.05, 3.63) is 109 Å². The van der Waals surface area contributed by atoms with Crippen molar-refractivity contribution in [1.29, 1.82) is 0 Å². The van der Waals surface area contributed by atoms with Gasteiger partial charge in [0.05, 0.1) is 38.9 Å². The van der Waals surface area contributed by atoms with Gasteiger partial charge in [-0.1, -0.05) is 47.8 Å². The van der Waals surface area contributed by atoms with Crippen molar-refractivity contribution in [1.82, 2.24) is 39.7 Å². The van der Waals surface area contributed by atoms with Gasteiger partial charge in [-0.3, -0.25) is 9.97 Å². The van der Waals surface area contributed by atoms with Crippen LogP contribution in [0.25, 0.3) is 22.8 Å². The lowest BCUT2D eigenvalue weighted by atomic mass is 10.2. The first-order chi connectivity index (χ1) is 26.8. The molecule has 54 heavy (non-hydrogen) atoms. The van der Waals surface area contributed by atoms with Crippen LogP contribution in [0.2, 0.25) is 0 Å². The van der Waals surface area contributed by atoms with Gasteiger partial charge >= 0.3 is 0 Å². The van der Waals surface area contributed by atoms with Crippen molar-refractivity contribution in [2.75, 3.05) is 51.1 Å². The minimum absolute atomic E-state index is 0.375. The molecule has 1 aliphatic heterocycles. The molecular weight excluding hydrogens is 725 g/mol. The second-order valence-corrected chi connectivity index (χ2v) is 13.7. The van der Waals surface area contributed by atoms with E-state index in [9.17, 15) is 0 Å². The van der Waals surface area contributed by atoms with Gasteiger partial charge in [0.2, 0.25) is 10.3 Å². The van der Waals surface area contributed by atoms with Crippen molar-refractivity contribution >= 4 is 36.0 Å². The fourth-order valence-corrected chi connectivity index (χ4v) is 6.99. The Morgan fingerprint density at radius 1 is 0.500 bits per heavy atom. The maximum Gasteiger partial charge on any atom is 0.212 e. The number of ether oxygens (including phenoxy) is 4. The molecule has 0 aliphatic carbocycles. The largest absolute Gasteiger partial charge is 0.491 e. The van der Waals surface area contributed by atoms with Crippen LogP contribution in [0.3, 0.4) is 0 Å². The third-order valence-electron chi connectivity index (χ3n) is 7.87. The summed E-state index contributed by atoms with van der Waals surface area (Å²) in [5.74, 6) is 4.23. The molecule has 6 aromatic rings. The van der Waals surface area contributed by atoms with E-state index in [1.54, 1.807) is 70.1 Å². The molecule has 276 valence electrons. The second-order valence-electron chi connectivity index (χ2n) is 11.6. The van der Waals surface area contributed by atoms with E-state index in [1.165, 1.54) is 0 Å². The quantitative estimate of drug-likeness (QED) is 0.197. The van der Waals surface area contributed by atoms with Gasteiger partial charge in [-0.15, -0.1) is 20.4 Å². The minimum atomic E-state index is 0.375. The number of thioether (sulfide) groups is 2. The molecule has 0 radical (unpaired) electrons. The molecule has 0 saturated carbocycles. The summed E-state index contributed by atoms with van der Waals surface area (Å²) in [6.07, 6.45) is 12.4. The molecule has 0 spiro atoms. The molecule has 1 aliphatic rings. The maximum absolute atomic E-state index is 6.07. The highest BCUT2D eigenvalue weighted by atomic mass is 32.2. The Morgan fingerprint density at radius 2 is 0.963 bits per heavy atom. The fourth-order valence-electron chi connectivity index (χ4n) is 5.22. The summed E-state index contributed by atoms with van der Waals surface area (Å²) in [6.45, 7) is 2.42. The summed E-state index contributed by atoms with van der Waals surface area (Å²) in [7, 11) is 0. The number of aromatic nitrogens is 8. The number of rotatable bonds is 2. The lowest BCUT2D eigenvalue weighted by Gasteiger charge is -2.11. The van der Waals surface area contributed by atoms with Crippen molar-refractivity contribution in [3.8, 4) is 34.3 Å². The molecule has 0 fully saturated rings. The number of para-hydroxylation sites is 2. The molecule has 7 rings (SSSR count). The van der Waals surface area contributed by atoms with Gasteiger partial charge in [-0.25, -0.2) is 0 Å². The topological polar surface area (TPSA) is 149 Å². The Labute approximate surface area is 321 Å². The molecule has 0 N–H and O–H groups in total. The van der Waals surface area contributed by atoms with E-state index < -0.39 is 0 Å². The lowest BCUT2D eigenvalue weighted by molar-refractivity contribution is 0.0273. The number of hydrogen-bond donors (Lipinski definition) is 0. The van der Waals surface area contributed by atoms with Gasteiger partial charge in [-0.2, -0.15) is 19.6 Å². The van der Waals surface area contributed by atoms with Crippen LogP contribution in [-0.4, -0.2) is 103 Å². The van der Waals surface area contributed by atoms with Gasteiger partial charge in [-0.05, 0) is 61.4 Å². The molecule has 14 nitrogen and oxygen atoms in total. The van der Waals surface area contributed by atoms with Crippen molar-refractivity contribution < 1.29 is 18.9 Å². The third-order valence-corrected chi connectivity index (χ3v) is 9.88. The Hall–Kier alpha value is -5.42. The van der Waals surface area contributed by atoms with E-state index in [2.05, 4.69) is 30.4 Å². The summed E-state index contributed by atoms with van der Waals surface area (Å²) in [5.41, 5.74) is 3.27. The Kier molecular flexibility index (Phi) is 13.4. The average Bonchev–Trinajstić information content (AvgIpc) is 3.82. The SMILES string of the molecule is C1=N\n2c(nnc2-c2cccnc2)SCCCCSc2nnc(-c3cccnc3)n2/N=C/c2ccccc2OCCOCCOCCOc2ccccc2/1. The predicted molar refractivity (Wildman–Crippen MR) is 209 cm³/mol. The molecule has 0 atom stereocenters. The van der Waals surface area contributed by atoms with Gasteiger partial charge in [0, 0.05) is 58.5 Å². The van der Waals surface area contributed by atoms with Crippen LogP contribution in [-0.2, 0) is 9.47 Å². The first-order valence-electron chi connectivity index (χ1n) is 17.5. The Bertz CT molecular complexity index is 1980. The summed E-state index contributed by atoms with van der Waals surface area (Å²) >= 11 is 3.20. The first-order valence-corrected chi connectivity index (χ1v) is 19.5. The van der Waals surface area contributed by atoms with E-state index in [4.69, 9.17) is 29.2 Å². The van der Waals surface area contributed by atoms with Crippen LogP contribution in [0.15, 0.2) is 118 Å². The molecule has 4 aromatic heterocycles. The number of nitrogens with zero attached hydrogens (tertiary/aromatic N) is 10. The van der Waals surface area contributed by atoms with E-state index in [-0.39, 0.29) is 0 Å². The van der Waals surface area contributed by atoms with Crippen LogP contribution in [0.5, 0.6) is 11.5 Å². The zero-order valence-corrected chi connectivity index (χ0v) is 31.0.